The lowest BCUT2D eigenvalue weighted by atomic mass is 10.1. The van der Waals surface area contributed by atoms with Crippen LogP contribution in [0.4, 0.5) is 5.69 Å². The second kappa shape index (κ2) is 10.7. The number of aromatic hydroxyl groups is 1. The van der Waals surface area contributed by atoms with E-state index in [9.17, 15) is 27.9 Å². The second-order valence-electron chi connectivity index (χ2n) is 8.58. The van der Waals surface area contributed by atoms with E-state index in [4.69, 9.17) is 28.9 Å². The molecule has 4 N–H and O–H groups in total. The number of amides is 3. The zero-order valence-electron chi connectivity index (χ0n) is 20.0. The molecule has 0 unspecified atom stereocenters. The number of nitrogens with one attached hydrogen (secondary N) is 1. The van der Waals surface area contributed by atoms with Gasteiger partial charge in [-0.2, -0.15) is 4.31 Å². The van der Waals surface area contributed by atoms with Gasteiger partial charge < -0.3 is 25.6 Å². The number of sulfonamides is 1. The number of halogens is 2. The Morgan fingerprint density at radius 2 is 1.61 bits per heavy atom. The van der Waals surface area contributed by atoms with Gasteiger partial charge in [-0.25, -0.2) is 8.42 Å². The first-order chi connectivity index (χ1) is 17.9. The Morgan fingerprint density at radius 1 is 0.974 bits per heavy atom. The smallest absolute Gasteiger partial charge is 0.265 e. The molecule has 0 bridgehead atoms. The minimum atomic E-state index is -3.90. The van der Waals surface area contributed by atoms with Crippen LogP contribution < -0.4 is 11.1 Å². The first-order valence-corrected chi connectivity index (χ1v) is 13.4. The standard InChI is InChI=1S/C24H23Cl2N5O6S/c1-29-13-18(12-20(29)22(27)33)38(36,37)31-6-4-30(5-7-31)24(35)19-3-2-17(11-21(19)32)28-23(34)14-8-15(25)10-16(26)9-14/h2-3,8-13,32H,4-7H2,1H3,(H2,27,33)(H,28,34). The number of phenols is 1. The fraction of sp³-hybridized carbons (Fsp3) is 0.208. The third kappa shape index (κ3) is 5.63. The minimum absolute atomic E-state index is 0.000680. The number of aryl methyl sites for hydroxylation is 1. The Labute approximate surface area is 228 Å². The number of hydrogen-bond acceptors (Lipinski definition) is 6. The summed E-state index contributed by atoms with van der Waals surface area (Å²) >= 11 is 11.9. The van der Waals surface area contributed by atoms with Crippen LogP contribution in [0.1, 0.15) is 31.2 Å². The molecule has 0 radical (unpaired) electrons. The van der Waals surface area contributed by atoms with E-state index in [1.54, 1.807) is 0 Å². The van der Waals surface area contributed by atoms with Crippen LogP contribution in [0.15, 0.2) is 53.6 Å². The Kier molecular flexibility index (Phi) is 7.70. The van der Waals surface area contributed by atoms with Crippen molar-refractivity contribution in [3.05, 3.63) is 75.5 Å². The number of anilines is 1. The van der Waals surface area contributed by atoms with Crippen LogP contribution in [-0.2, 0) is 17.1 Å². The van der Waals surface area contributed by atoms with Gasteiger partial charge >= 0.3 is 0 Å². The highest BCUT2D eigenvalue weighted by Crippen LogP contribution is 2.26. The summed E-state index contributed by atoms with van der Waals surface area (Å²) in [6, 6.07) is 9.66. The van der Waals surface area contributed by atoms with Gasteiger partial charge in [0.1, 0.15) is 16.3 Å². The Balaban J connectivity index is 1.41. The molecule has 3 aromatic rings. The maximum absolute atomic E-state index is 13.0. The van der Waals surface area contributed by atoms with Gasteiger partial charge in [0.25, 0.3) is 17.7 Å². The molecule has 14 heteroatoms. The van der Waals surface area contributed by atoms with Crippen LogP contribution >= 0.6 is 23.2 Å². The Morgan fingerprint density at radius 3 is 2.16 bits per heavy atom. The van der Waals surface area contributed by atoms with Crippen molar-refractivity contribution in [1.29, 1.82) is 0 Å². The number of rotatable bonds is 6. The van der Waals surface area contributed by atoms with Crippen molar-refractivity contribution in [2.75, 3.05) is 31.5 Å². The number of carbonyl (C=O) groups excluding carboxylic acids is 3. The molecule has 1 aliphatic rings. The lowest BCUT2D eigenvalue weighted by Crippen LogP contribution is -2.50. The number of nitrogens with zero attached hydrogens (tertiary/aromatic N) is 3. The highest BCUT2D eigenvalue weighted by Gasteiger charge is 2.32. The number of benzene rings is 2. The summed E-state index contributed by atoms with van der Waals surface area (Å²) in [5.74, 6) is -2.10. The van der Waals surface area contributed by atoms with Crippen LogP contribution in [-0.4, -0.2) is 71.2 Å². The topological polar surface area (TPSA) is 155 Å². The summed E-state index contributed by atoms with van der Waals surface area (Å²) in [5.41, 5.74) is 5.80. The van der Waals surface area contributed by atoms with Crippen molar-refractivity contribution in [2.24, 2.45) is 12.8 Å². The maximum Gasteiger partial charge on any atom is 0.265 e. The second-order valence-corrected chi connectivity index (χ2v) is 11.4. The molecule has 0 saturated carbocycles. The van der Waals surface area contributed by atoms with Crippen LogP contribution in [0.5, 0.6) is 5.75 Å². The fourth-order valence-corrected chi connectivity index (χ4v) is 6.07. The largest absolute Gasteiger partial charge is 0.507 e. The first kappa shape index (κ1) is 27.5. The summed E-state index contributed by atoms with van der Waals surface area (Å²) in [6.07, 6.45) is 1.31. The number of aromatic nitrogens is 1. The van der Waals surface area contributed by atoms with E-state index in [1.807, 2.05) is 0 Å². The van der Waals surface area contributed by atoms with E-state index < -0.39 is 27.7 Å². The van der Waals surface area contributed by atoms with E-state index >= 15 is 0 Å². The van der Waals surface area contributed by atoms with Gasteiger partial charge in [0.15, 0.2) is 0 Å². The lowest BCUT2D eigenvalue weighted by Gasteiger charge is -2.34. The predicted octanol–water partition coefficient (Wildman–Crippen LogP) is 2.54. The number of phenolic OH excluding ortho intramolecular Hbond substituents is 1. The van der Waals surface area contributed by atoms with Gasteiger partial charge in [0.2, 0.25) is 10.0 Å². The average molecular weight is 580 g/mol. The van der Waals surface area contributed by atoms with Crippen LogP contribution in [0.2, 0.25) is 10.0 Å². The molecule has 1 saturated heterocycles. The number of primary amides is 1. The predicted molar refractivity (Wildman–Crippen MR) is 141 cm³/mol. The quantitative estimate of drug-likeness (QED) is 0.407. The molecule has 1 fully saturated rings. The molecule has 11 nitrogen and oxygen atoms in total. The summed E-state index contributed by atoms with van der Waals surface area (Å²) in [7, 11) is -2.38. The van der Waals surface area contributed by atoms with Gasteiger partial charge in [0, 0.05) is 66.8 Å². The molecule has 4 rings (SSSR count). The van der Waals surface area contributed by atoms with Gasteiger partial charge in [-0.3, -0.25) is 14.4 Å². The van der Waals surface area contributed by atoms with Crippen molar-refractivity contribution >= 4 is 56.6 Å². The van der Waals surface area contributed by atoms with Crippen molar-refractivity contribution in [3.63, 3.8) is 0 Å². The van der Waals surface area contributed by atoms with Crippen molar-refractivity contribution in [1.82, 2.24) is 13.8 Å². The molecule has 2 heterocycles. The molecule has 38 heavy (non-hydrogen) atoms. The lowest BCUT2D eigenvalue weighted by molar-refractivity contribution is 0.0694. The monoisotopic (exact) mass is 579 g/mol. The molecule has 2 aromatic carbocycles. The zero-order chi connectivity index (χ0) is 27.8. The summed E-state index contributed by atoms with van der Waals surface area (Å²) in [5, 5.41) is 13.7. The molecule has 1 aromatic heterocycles. The van der Waals surface area contributed by atoms with Gasteiger partial charge in [-0.15, -0.1) is 0 Å². The number of nitrogens with two attached hydrogens (primary N) is 1. The first-order valence-electron chi connectivity index (χ1n) is 11.2. The van der Waals surface area contributed by atoms with Gasteiger partial charge in [-0.05, 0) is 36.4 Å². The SMILES string of the molecule is Cn1cc(S(=O)(=O)N2CCN(C(=O)c3ccc(NC(=O)c4cc(Cl)cc(Cl)c4)cc3O)CC2)cc1C(N)=O. The van der Waals surface area contributed by atoms with Gasteiger partial charge in [-0.1, -0.05) is 23.2 Å². The highest BCUT2D eigenvalue weighted by atomic mass is 35.5. The molecule has 0 atom stereocenters. The van der Waals surface area contributed by atoms with Crippen molar-refractivity contribution in [3.8, 4) is 5.75 Å². The van der Waals surface area contributed by atoms with E-state index in [-0.39, 0.29) is 59.3 Å². The maximum atomic E-state index is 13.0. The Hall–Kier alpha value is -3.58. The summed E-state index contributed by atoms with van der Waals surface area (Å²) < 4.78 is 28.6. The van der Waals surface area contributed by atoms with Crippen molar-refractivity contribution in [2.45, 2.75) is 4.90 Å². The zero-order valence-corrected chi connectivity index (χ0v) is 22.3. The average Bonchev–Trinajstić information content (AvgIpc) is 3.26. The van der Waals surface area contributed by atoms with Crippen LogP contribution in [0.3, 0.4) is 0 Å². The minimum Gasteiger partial charge on any atom is -0.507 e. The van der Waals surface area contributed by atoms with E-state index in [1.165, 1.54) is 69.5 Å². The van der Waals surface area contributed by atoms with Gasteiger partial charge in [0.05, 0.1) is 5.56 Å². The molecule has 3 amide bonds. The van der Waals surface area contributed by atoms with Crippen molar-refractivity contribution < 1.29 is 27.9 Å². The highest BCUT2D eigenvalue weighted by molar-refractivity contribution is 7.89. The molecular weight excluding hydrogens is 557 g/mol. The van der Waals surface area contributed by atoms with Crippen LogP contribution in [0, 0.1) is 0 Å². The summed E-state index contributed by atoms with van der Waals surface area (Å²) in [4.78, 5) is 38.4. The molecular formula is C24H23Cl2N5O6S. The number of hydrogen-bond donors (Lipinski definition) is 3. The third-order valence-electron chi connectivity index (χ3n) is 6.01. The normalized spacial score (nSPS) is 14.3. The van der Waals surface area contributed by atoms with Crippen LogP contribution in [0.25, 0.3) is 0 Å². The fourth-order valence-electron chi connectivity index (χ4n) is 4.05. The third-order valence-corrected chi connectivity index (χ3v) is 8.31. The molecule has 1 aliphatic heterocycles. The van der Waals surface area contributed by atoms with E-state index in [0.29, 0.717) is 10.0 Å². The Bertz CT molecular complexity index is 1530. The molecule has 0 spiro atoms. The molecule has 0 aliphatic carbocycles. The summed E-state index contributed by atoms with van der Waals surface area (Å²) in [6.45, 7) is 0.208. The number of piperazine rings is 1. The number of carbonyl (C=O) groups is 3. The van der Waals surface area contributed by atoms with E-state index in [2.05, 4.69) is 5.32 Å². The van der Waals surface area contributed by atoms with E-state index in [0.717, 1.165) is 0 Å². The molecule has 200 valence electrons.